The fourth-order valence-electron chi connectivity index (χ4n) is 3.13. The predicted octanol–water partition coefficient (Wildman–Crippen LogP) is 2.31. The SMILES string of the molecule is COC(=O)C1=C[C@@H](c2ccccc2)[C@@H]2CCCN12. The fraction of sp³-hybridized carbons (Fsp3) is 0.400. The lowest BCUT2D eigenvalue weighted by Gasteiger charge is -2.24. The van der Waals surface area contributed by atoms with Gasteiger partial charge in [0.25, 0.3) is 0 Å². The summed E-state index contributed by atoms with van der Waals surface area (Å²) in [5.41, 5.74) is 2.03. The Morgan fingerprint density at radius 1 is 1.33 bits per heavy atom. The van der Waals surface area contributed by atoms with Gasteiger partial charge in [-0.2, -0.15) is 0 Å². The van der Waals surface area contributed by atoms with Gasteiger partial charge in [-0.1, -0.05) is 30.3 Å². The molecule has 0 bridgehead atoms. The highest BCUT2D eigenvalue weighted by molar-refractivity contribution is 5.88. The lowest BCUT2D eigenvalue weighted by atomic mass is 9.92. The summed E-state index contributed by atoms with van der Waals surface area (Å²) < 4.78 is 4.88. The molecule has 1 fully saturated rings. The van der Waals surface area contributed by atoms with Crippen molar-refractivity contribution in [2.45, 2.75) is 24.8 Å². The Kier molecular flexibility index (Phi) is 2.82. The Bertz CT molecular complexity index is 481. The Hall–Kier alpha value is -1.77. The minimum absolute atomic E-state index is 0.208. The molecule has 1 aromatic rings. The molecule has 1 aromatic carbocycles. The lowest BCUT2D eigenvalue weighted by molar-refractivity contribution is -0.137. The van der Waals surface area contributed by atoms with Gasteiger partial charge in [0.2, 0.25) is 0 Å². The molecule has 94 valence electrons. The lowest BCUT2D eigenvalue weighted by Crippen LogP contribution is -2.29. The van der Waals surface area contributed by atoms with Gasteiger partial charge in [0.05, 0.1) is 7.11 Å². The van der Waals surface area contributed by atoms with Gasteiger partial charge >= 0.3 is 5.97 Å². The first-order valence-electron chi connectivity index (χ1n) is 6.43. The highest BCUT2D eigenvalue weighted by Gasteiger charge is 2.40. The molecule has 0 aromatic heterocycles. The number of carbonyl (C=O) groups is 1. The quantitative estimate of drug-likeness (QED) is 0.746. The van der Waals surface area contributed by atoms with E-state index < -0.39 is 0 Å². The molecule has 2 aliphatic heterocycles. The van der Waals surface area contributed by atoms with Gasteiger partial charge in [-0.15, -0.1) is 0 Å². The van der Waals surface area contributed by atoms with E-state index in [2.05, 4.69) is 35.2 Å². The van der Waals surface area contributed by atoms with Crippen molar-refractivity contribution in [1.29, 1.82) is 0 Å². The number of carbonyl (C=O) groups excluding carboxylic acids is 1. The molecule has 3 heteroatoms. The summed E-state index contributed by atoms with van der Waals surface area (Å²) in [4.78, 5) is 14.0. The summed E-state index contributed by atoms with van der Waals surface area (Å²) in [6.45, 7) is 0.967. The van der Waals surface area contributed by atoms with Crippen LogP contribution in [0.3, 0.4) is 0 Å². The normalized spacial score (nSPS) is 25.8. The molecule has 0 radical (unpaired) electrons. The van der Waals surface area contributed by atoms with E-state index in [0.29, 0.717) is 12.0 Å². The van der Waals surface area contributed by atoms with Crippen LogP contribution in [0.5, 0.6) is 0 Å². The molecule has 3 rings (SSSR count). The minimum atomic E-state index is -0.208. The first kappa shape index (κ1) is 11.3. The van der Waals surface area contributed by atoms with Crippen molar-refractivity contribution >= 4 is 5.97 Å². The molecular weight excluding hydrogens is 226 g/mol. The molecule has 0 saturated carbocycles. The summed E-state index contributed by atoms with van der Waals surface area (Å²) in [6, 6.07) is 10.8. The summed E-state index contributed by atoms with van der Waals surface area (Å²) in [6.07, 6.45) is 4.38. The largest absolute Gasteiger partial charge is 0.464 e. The molecule has 2 aliphatic rings. The van der Waals surface area contributed by atoms with Crippen LogP contribution in [0.1, 0.15) is 24.3 Å². The van der Waals surface area contributed by atoms with E-state index in [1.807, 2.05) is 6.07 Å². The van der Waals surface area contributed by atoms with E-state index in [0.717, 1.165) is 25.1 Å². The van der Waals surface area contributed by atoms with Crippen molar-refractivity contribution in [2.24, 2.45) is 0 Å². The third-order valence-electron chi connectivity index (χ3n) is 3.94. The van der Waals surface area contributed by atoms with Gasteiger partial charge < -0.3 is 9.64 Å². The van der Waals surface area contributed by atoms with Crippen molar-refractivity contribution in [2.75, 3.05) is 13.7 Å². The molecule has 2 atom stereocenters. The van der Waals surface area contributed by atoms with Crippen LogP contribution in [-0.2, 0) is 9.53 Å². The summed E-state index contributed by atoms with van der Waals surface area (Å²) in [5, 5.41) is 0. The maximum Gasteiger partial charge on any atom is 0.354 e. The predicted molar refractivity (Wildman–Crippen MR) is 69.0 cm³/mol. The van der Waals surface area contributed by atoms with Crippen LogP contribution < -0.4 is 0 Å². The third-order valence-corrected chi connectivity index (χ3v) is 3.94. The monoisotopic (exact) mass is 243 g/mol. The number of hydrogen-bond acceptors (Lipinski definition) is 3. The first-order valence-corrected chi connectivity index (χ1v) is 6.43. The van der Waals surface area contributed by atoms with Crippen molar-refractivity contribution < 1.29 is 9.53 Å². The highest BCUT2D eigenvalue weighted by atomic mass is 16.5. The van der Waals surface area contributed by atoms with Crippen molar-refractivity contribution in [3.63, 3.8) is 0 Å². The zero-order valence-electron chi connectivity index (χ0n) is 10.5. The van der Waals surface area contributed by atoms with Gasteiger partial charge in [-0.3, -0.25) is 0 Å². The van der Waals surface area contributed by atoms with Crippen molar-refractivity contribution in [3.8, 4) is 0 Å². The number of rotatable bonds is 2. The number of nitrogens with zero attached hydrogens (tertiary/aromatic N) is 1. The van der Waals surface area contributed by atoms with Gasteiger partial charge in [0, 0.05) is 18.5 Å². The second-order valence-corrected chi connectivity index (χ2v) is 4.88. The average molecular weight is 243 g/mol. The Labute approximate surface area is 107 Å². The van der Waals surface area contributed by atoms with E-state index >= 15 is 0 Å². The van der Waals surface area contributed by atoms with Gasteiger partial charge in [-0.25, -0.2) is 4.79 Å². The maximum atomic E-state index is 11.8. The highest BCUT2D eigenvalue weighted by Crippen LogP contribution is 2.40. The number of benzene rings is 1. The second kappa shape index (κ2) is 4.48. The standard InChI is InChI=1S/C15H17NO2/c1-18-15(17)14-10-12(11-6-3-2-4-7-11)13-8-5-9-16(13)14/h2-4,6-7,10,12-13H,5,8-9H2,1H3/t12-,13-/m0/s1. The van der Waals surface area contributed by atoms with Crippen LogP contribution in [0.2, 0.25) is 0 Å². The molecule has 0 aliphatic carbocycles. The second-order valence-electron chi connectivity index (χ2n) is 4.88. The van der Waals surface area contributed by atoms with Crippen LogP contribution in [0.4, 0.5) is 0 Å². The number of fused-ring (bicyclic) bond motifs is 1. The van der Waals surface area contributed by atoms with Crippen LogP contribution in [0.25, 0.3) is 0 Å². The van der Waals surface area contributed by atoms with E-state index in [1.165, 1.54) is 12.7 Å². The number of ether oxygens (including phenoxy) is 1. The number of hydrogen-bond donors (Lipinski definition) is 0. The molecular formula is C15H17NO2. The minimum Gasteiger partial charge on any atom is -0.464 e. The Morgan fingerprint density at radius 3 is 2.83 bits per heavy atom. The molecule has 0 N–H and O–H groups in total. The maximum absolute atomic E-state index is 11.8. The van der Waals surface area contributed by atoms with E-state index in [-0.39, 0.29) is 5.97 Å². The van der Waals surface area contributed by atoms with Gasteiger partial charge in [0.1, 0.15) is 5.70 Å². The molecule has 0 amide bonds. The Morgan fingerprint density at radius 2 is 2.11 bits per heavy atom. The summed E-state index contributed by atoms with van der Waals surface area (Å²) in [5.74, 6) is 0.114. The van der Waals surface area contributed by atoms with E-state index in [1.54, 1.807) is 0 Å². The zero-order chi connectivity index (χ0) is 12.5. The average Bonchev–Trinajstić information content (AvgIpc) is 3.00. The zero-order valence-corrected chi connectivity index (χ0v) is 10.5. The first-order chi connectivity index (χ1) is 8.81. The Balaban J connectivity index is 1.95. The van der Waals surface area contributed by atoms with Gasteiger partial charge in [0.15, 0.2) is 0 Å². The van der Waals surface area contributed by atoms with Crippen LogP contribution >= 0.6 is 0 Å². The summed E-state index contributed by atoms with van der Waals surface area (Å²) >= 11 is 0. The topological polar surface area (TPSA) is 29.5 Å². The molecule has 1 saturated heterocycles. The van der Waals surface area contributed by atoms with Crippen LogP contribution in [-0.4, -0.2) is 30.6 Å². The van der Waals surface area contributed by atoms with E-state index in [4.69, 9.17) is 4.74 Å². The number of esters is 1. The van der Waals surface area contributed by atoms with Crippen molar-refractivity contribution in [3.05, 3.63) is 47.7 Å². The van der Waals surface area contributed by atoms with Gasteiger partial charge in [-0.05, 0) is 24.5 Å². The molecule has 0 spiro atoms. The molecule has 2 heterocycles. The molecule has 18 heavy (non-hydrogen) atoms. The van der Waals surface area contributed by atoms with Crippen LogP contribution in [0.15, 0.2) is 42.1 Å². The third kappa shape index (κ3) is 1.70. The summed E-state index contributed by atoms with van der Waals surface area (Å²) in [7, 11) is 1.45. The fourth-order valence-corrected chi connectivity index (χ4v) is 3.13. The molecule has 3 nitrogen and oxygen atoms in total. The molecule has 0 unspecified atom stereocenters. The number of methoxy groups -OCH3 is 1. The smallest absolute Gasteiger partial charge is 0.354 e. The van der Waals surface area contributed by atoms with E-state index in [9.17, 15) is 4.79 Å². The van der Waals surface area contributed by atoms with Crippen LogP contribution in [0, 0.1) is 0 Å². The van der Waals surface area contributed by atoms with Crippen molar-refractivity contribution in [1.82, 2.24) is 4.90 Å².